The number of carbonyl (C=O) groups excluding carboxylic acids is 3. The zero-order valence-corrected chi connectivity index (χ0v) is 20.4. The Morgan fingerprint density at radius 2 is 1.91 bits per heavy atom. The lowest BCUT2D eigenvalue weighted by Gasteiger charge is -2.42. The lowest BCUT2D eigenvalue weighted by atomic mass is 9.94. The molecule has 0 saturated heterocycles. The Bertz CT molecular complexity index is 893. The Kier molecular flexibility index (Phi) is 8.48. The fourth-order valence-corrected chi connectivity index (χ4v) is 3.86. The number of esters is 2. The third-order valence-corrected chi connectivity index (χ3v) is 5.28. The van der Waals surface area contributed by atoms with E-state index in [2.05, 4.69) is 11.9 Å². The first-order chi connectivity index (χ1) is 14.9. The standard InChI is InChI=1S/C24H33ClN2O5/c1-8-18(22(29)32-24(5,6)7)26-20-12-15-10-11-16(25)13-17(15)21(28)27(20)19(9-2)23(30)31-14(3)4/h10-11,13,18-20,26H,3,8-9,12H2,1-2,4-7H3/t18-,19-,20?/m0/s1. The number of amides is 1. The molecule has 2 rings (SSSR count). The molecule has 1 unspecified atom stereocenters. The van der Waals surface area contributed by atoms with Crippen LogP contribution in [0.25, 0.3) is 0 Å². The van der Waals surface area contributed by atoms with Gasteiger partial charge in [0.25, 0.3) is 5.91 Å². The molecule has 8 heteroatoms. The number of halogens is 1. The summed E-state index contributed by atoms with van der Waals surface area (Å²) >= 11 is 6.13. The highest BCUT2D eigenvalue weighted by Gasteiger charge is 2.41. The minimum atomic E-state index is -0.861. The smallest absolute Gasteiger partial charge is 0.333 e. The van der Waals surface area contributed by atoms with Crippen LogP contribution in [-0.4, -0.2) is 46.6 Å². The Balaban J connectivity index is 2.44. The molecule has 0 fully saturated rings. The van der Waals surface area contributed by atoms with Gasteiger partial charge in [0.05, 0.1) is 11.9 Å². The van der Waals surface area contributed by atoms with Crippen LogP contribution < -0.4 is 5.32 Å². The van der Waals surface area contributed by atoms with Gasteiger partial charge in [-0.25, -0.2) is 4.79 Å². The van der Waals surface area contributed by atoms with Crippen LogP contribution in [-0.2, 0) is 25.5 Å². The summed E-state index contributed by atoms with van der Waals surface area (Å²) in [5.41, 5.74) is 0.576. The fraction of sp³-hybridized carbons (Fsp3) is 0.542. The molecule has 3 atom stereocenters. The molecular formula is C24H33ClN2O5. The minimum absolute atomic E-state index is 0.242. The topological polar surface area (TPSA) is 84.9 Å². The molecule has 0 spiro atoms. The quantitative estimate of drug-likeness (QED) is 0.457. The maximum atomic E-state index is 13.5. The lowest BCUT2D eigenvalue weighted by molar-refractivity contribution is -0.158. The molecule has 1 aliphatic rings. The first kappa shape index (κ1) is 25.9. The summed E-state index contributed by atoms with van der Waals surface area (Å²) in [7, 11) is 0. The van der Waals surface area contributed by atoms with Gasteiger partial charge in [0.2, 0.25) is 0 Å². The van der Waals surface area contributed by atoms with Gasteiger partial charge in [0, 0.05) is 17.0 Å². The summed E-state index contributed by atoms with van der Waals surface area (Å²) in [4.78, 5) is 40.5. The number of rotatable bonds is 8. The number of allylic oxidation sites excluding steroid dienone is 1. The third-order valence-electron chi connectivity index (χ3n) is 5.05. The van der Waals surface area contributed by atoms with Gasteiger partial charge in [-0.05, 0) is 58.2 Å². The van der Waals surface area contributed by atoms with Crippen molar-refractivity contribution in [3.63, 3.8) is 0 Å². The van der Waals surface area contributed by atoms with E-state index in [0.717, 1.165) is 5.56 Å². The molecule has 0 saturated carbocycles. The zero-order valence-electron chi connectivity index (χ0n) is 19.7. The molecule has 1 aromatic rings. The van der Waals surface area contributed by atoms with Crippen LogP contribution in [0.4, 0.5) is 0 Å². The molecule has 7 nitrogen and oxygen atoms in total. The van der Waals surface area contributed by atoms with E-state index in [0.29, 0.717) is 29.8 Å². The summed E-state index contributed by atoms with van der Waals surface area (Å²) in [6, 6.07) is 3.60. The van der Waals surface area contributed by atoms with Crippen LogP contribution in [0.5, 0.6) is 0 Å². The van der Waals surface area contributed by atoms with Crippen LogP contribution in [0.2, 0.25) is 5.02 Å². The van der Waals surface area contributed by atoms with Gasteiger partial charge in [0.15, 0.2) is 0 Å². The highest BCUT2D eigenvalue weighted by atomic mass is 35.5. The number of ether oxygens (including phenoxy) is 2. The van der Waals surface area contributed by atoms with Crippen molar-refractivity contribution in [1.82, 2.24) is 10.2 Å². The van der Waals surface area contributed by atoms with Crippen molar-refractivity contribution in [2.75, 3.05) is 0 Å². The Morgan fingerprint density at radius 1 is 1.25 bits per heavy atom. The first-order valence-electron chi connectivity index (χ1n) is 10.8. The second kappa shape index (κ2) is 10.5. The maximum absolute atomic E-state index is 13.5. The van der Waals surface area contributed by atoms with Crippen LogP contribution >= 0.6 is 11.6 Å². The summed E-state index contributed by atoms with van der Waals surface area (Å²) in [5.74, 6) is -1.09. The van der Waals surface area contributed by atoms with Gasteiger partial charge in [0.1, 0.15) is 17.7 Å². The number of nitrogens with one attached hydrogen (secondary N) is 1. The molecule has 1 N–H and O–H groups in total. The van der Waals surface area contributed by atoms with E-state index in [-0.39, 0.29) is 11.7 Å². The maximum Gasteiger partial charge on any atom is 0.333 e. The average molecular weight is 465 g/mol. The predicted molar refractivity (Wildman–Crippen MR) is 123 cm³/mol. The van der Waals surface area contributed by atoms with Crippen molar-refractivity contribution in [3.8, 4) is 0 Å². The monoisotopic (exact) mass is 464 g/mol. The van der Waals surface area contributed by atoms with Crippen molar-refractivity contribution >= 4 is 29.4 Å². The molecule has 1 heterocycles. The first-order valence-corrected chi connectivity index (χ1v) is 11.2. The van der Waals surface area contributed by atoms with E-state index < -0.39 is 35.8 Å². The Hall–Kier alpha value is -2.38. The molecule has 0 aromatic heterocycles. The molecular weight excluding hydrogens is 432 g/mol. The van der Waals surface area contributed by atoms with E-state index in [1.165, 1.54) is 4.90 Å². The van der Waals surface area contributed by atoms with Crippen molar-refractivity contribution in [2.45, 2.75) is 84.7 Å². The summed E-state index contributed by atoms with van der Waals surface area (Å²) < 4.78 is 10.8. The number of hydrogen-bond acceptors (Lipinski definition) is 6. The second-order valence-electron chi connectivity index (χ2n) is 8.94. The zero-order chi connectivity index (χ0) is 24.2. The highest BCUT2D eigenvalue weighted by molar-refractivity contribution is 6.31. The molecule has 1 amide bonds. The van der Waals surface area contributed by atoms with E-state index >= 15 is 0 Å². The van der Waals surface area contributed by atoms with Crippen molar-refractivity contribution in [3.05, 3.63) is 46.7 Å². The van der Waals surface area contributed by atoms with Crippen molar-refractivity contribution < 1.29 is 23.9 Å². The second-order valence-corrected chi connectivity index (χ2v) is 9.38. The van der Waals surface area contributed by atoms with Gasteiger partial charge in [-0.15, -0.1) is 0 Å². The normalized spacial score (nSPS) is 17.9. The summed E-state index contributed by atoms with van der Waals surface area (Å²) in [6.07, 6.45) is 0.563. The fourth-order valence-electron chi connectivity index (χ4n) is 3.69. The lowest BCUT2D eigenvalue weighted by Crippen LogP contribution is -2.62. The Morgan fingerprint density at radius 3 is 2.44 bits per heavy atom. The van der Waals surface area contributed by atoms with Crippen molar-refractivity contribution in [1.29, 1.82) is 0 Å². The summed E-state index contributed by atoms with van der Waals surface area (Å²) in [6.45, 7) is 14.3. The van der Waals surface area contributed by atoms with E-state index in [9.17, 15) is 14.4 Å². The van der Waals surface area contributed by atoms with Gasteiger partial charge in [-0.2, -0.15) is 0 Å². The molecule has 32 heavy (non-hydrogen) atoms. The van der Waals surface area contributed by atoms with Crippen LogP contribution in [0, 0.1) is 0 Å². The van der Waals surface area contributed by atoms with Crippen LogP contribution in [0.15, 0.2) is 30.5 Å². The molecule has 1 aliphatic heterocycles. The SMILES string of the molecule is C=C(C)OC(=O)[C@H](CC)N1C(=O)c2cc(Cl)ccc2CC1N[C@@H](CC)C(=O)OC(C)(C)C. The Labute approximate surface area is 195 Å². The van der Waals surface area contributed by atoms with E-state index in [1.54, 1.807) is 52.8 Å². The highest BCUT2D eigenvalue weighted by Crippen LogP contribution is 2.29. The van der Waals surface area contributed by atoms with E-state index in [4.69, 9.17) is 21.1 Å². The molecule has 0 radical (unpaired) electrons. The third kappa shape index (κ3) is 6.33. The van der Waals surface area contributed by atoms with E-state index in [1.807, 2.05) is 6.92 Å². The van der Waals surface area contributed by atoms with Crippen LogP contribution in [0.1, 0.15) is 70.3 Å². The van der Waals surface area contributed by atoms with Gasteiger partial charge in [-0.3, -0.25) is 14.9 Å². The summed E-state index contributed by atoms with van der Waals surface area (Å²) in [5, 5.41) is 3.69. The average Bonchev–Trinajstić information content (AvgIpc) is 2.67. The van der Waals surface area contributed by atoms with Gasteiger partial charge < -0.3 is 14.4 Å². The van der Waals surface area contributed by atoms with Gasteiger partial charge >= 0.3 is 11.9 Å². The number of nitrogens with zero attached hydrogens (tertiary/aromatic N) is 1. The minimum Gasteiger partial charge on any atom is -0.459 e. The molecule has 0 bridgehead atoms. The number of hydrogen-bond donors (Lipinski definition) is 1. The number of benzene rings is 1. The number of fused-ring (bicyclic) bond motifs is 1. The molecule has 0 aliphatic carbocycles. The number of carbonyl (C=O) groups is 3. The predicted octanol–water partition coefficient (Wildman–Crippen LogP) is 4.23. The van der Waals surface area contributed by atoms with Crippen molar-refractivity contribution in [2.24, 2.45) is 0 Å². The molecule has 176 valence electrons. The molecule has 1 aromatic carbocycles. The van der Waals surface area contributed by atoms with Crippen LogP contribution in [0.3, 0.4) is 0 Å². The largest absolute Gasteiger partial charge is 0.459 e. The van der Waals surface area contributed by atoms with Gasteiger partial charge in [-0.1, -0.05) is 38.1 Å².